The van der Waals surface area contributed by atoms with Crippen LogP contribution in [0.5, 0.6) is 0 Å². The zero-order valence-corrected chi connectivity index (χ0v) is 33.0. The van der Waals surface area contributed by atoms with Gasteiger partial charge in [0.2, 0.25) is 15.9 Å². The average Bonchev–Trinajstić information content (AvgIpc) is 3.66. The third kappa shape index (κ3) is 8.16. The number of carbonyl (C=O) groups is 1. The smallest absolute Gasteiger partial charge is 0.375 e. The first kappa shape index (κ1) is 42.1. The molecule has 0 radical (unpaired) electrons. The number of aryl methyl sites for hydroxylation is 1. The van der Waals surface area contributed by atoms with Crippen molar-refractivity contribution in [3.8, 4) is 11.8 Å². The largest absolute Gasteiger partial charge is 0.435 e. The lowest BCUT2D eigenvalue weighted by atomic mass is 9.87. The van der Waals surface area contributed by atoms with Gasteiger partial charge >= 0.3 is 6.18 Å². The van der Waals surface area contributed by atoms with Crippen LogP contribution in [-0.2, 0) is 46.9 Å². The Hall–Kier alpha value is -5.00. The molecule has 0 spiro atoms. The quantitative estimate of drug-likeness (QED) is 0.156. The fraction of sp³-hybridized carbons (Fsp3) is 0.421. The molecule has 1 saturated carbocycles. The number of fused-ring (bicyclic) bond motifs is 4. The molecule has 21 heteroatoms. The van der Waals surface area contributed by atoms with Crippen molar-refractivity contribution in [3.05, 3.63) is 92.0 Å². The van der Waals surface area contributed by atoms with Gasteiger partial charge < -0.3 is 10.4 Å². The van der Waals surface area contributed by atoms with Gasteiger partial charge in [-0.2, -0.15) is 32.1 Å². The number of nitrogens with zero attached hydrogens (tertiary/aromatic N) is 5. The summed E-state index contributed by atoms with van der Waals surface area (Å²) < 4.78 is 144. The summed E-state index contributed by atoms with van der Waals surface area (Å²) in [4.78, 5) is 18.6. The first-order valence-electron chi connectivity index (χ1n) is 18.0. The molecule has 0 bridgehead atoms. The number of aliphatic hydroxyl groups is 1. The third-order valence-corrected chi connectivity index (χ3v) is 11.4. The topological polar surface area (TPSA) is 144 Å². The van der Waals surface area contributed by atoms with Crippen LogP contribution in [0.15, 0.2) is 30.3 Å². The molecule has 11 nitrogen and oxygen atoms in total. The van der Waals surface area contributed by atoms with E-state index in [-0.39, 0.29) is 51.4 Å². The highest BCUT2D eigenvalue weighted by Gasteiger charge is 2.68. The van der Waals surface area contributed by atoms with Crippen molar-refractivity contribution in [2.75, 3.05) is 17.7 Å². The molecule has 1 aromatic carbocycles. The molecule has 1 amide bonds. The van der Waals surface area contributed by atoms with Gasteiger partial charge in [0, 0.05) is 35.2 Å². The van der Waals surface area contributed by atoms with Gasteiger partial charge in [0.25, 0.3) is 5.92 Å². The molecule has 314 valence electrons. The number of sulfonamides is 1. The summed E-state index contributed by atoms with van der Waals surface area (Å²) in [6.07, 6.45) is -4.67. The van der Waals surface area contributed by atoms with Crippen LogP contribution in [0.25, 0.3) is 10.6 Å². The van der Waals surface area contributed by atoms with Crippen LogP contribution < -0.4 is 20.6 Å². The Morgan fingerprint density at radius 2 is 1.83 bits per heavy atom. The molecule has 1 fully saturated rings. The molecular formula is C38H34ClF8N7O4S. The summed E-state index contributed by atoms with van der Waals surface area (Å²) in [5.41, 5.74) is -4.88. The normalized spacial score (nSPS) is 20.8. The Kier molecular flexibility index (Phi) is 10.4. The number of hydrogen-bond donors (Lipinski definition) is 3. The monoisotopic (exact) mass is 871 g/mol. The number of pyridine rings is 1. The molecule has 0 aliphatic heterocycles. The van der Waals surface area contributed by atoms with Crippen LogP contribution in [-0.4, -0.2) is 62.5 Å². The molecule has 7 rings (SSSR count). The van der Waals surface area contributed by atoms with Crippen molar-refractivity contribution in [1.29, 1.82) is 0 Å². The molecule has 3 aliphatic rings. The molecular weight excluding hydrogens is 838 g/mol. The van der Waals surface area contributed by atoms with Crippen molar-refractivity contribution in [2.45, 2.75) is 69.3 Å². The Morgan fingerprint density at radius 3 is 2.46 bits per heavy atom. The Bertz CT molecular complexity index is 2700. The summed E-state index contributed by atoms with van der Waals surface area (Å²) in [5, 5.41) is 21.4. The first-order chi connectivity index (χ1) is 27.4. The minimum Gasteiger partial charge on any atom is -0.375 e. The number of rotatable bonds is 10. The van der Waals surface area contributed by atoms with Crippen LogP contribution in [0.3, 0.4) is 0 Å². The third-order valence-electron chi connectivity index (χ3n) is 10.3. The van der Waals surface area contributed by atoms with Gasteiger partial charge in [-0.1, -0.05) is 24.4 Å². The number of halogens is 9. The van der Waals surface area contributed by atoms with E-state index >= 15 is 8.78 Å². The lowest BCUT2D eigenvalue weighted by Gasteiger charge is -2.25. The average molecular weight is 872 g/mol. The van der Waals surface area contributed by atoms with Gasteiger partial charge in [-0.15, -0.1) is 0 Å². The predicted octanol–water partition coefficient (Wildman–Crippen LogP) is 4.65. The summed E-state index contributed by atoms with van der Waals surface area (Å²) in [7, 11) is -2.37. The van der Waals surface area contributed by atoms with Gasteiger partial charge in [-0.3, -0.25) is 18.9 Å². The zero-order chi connectivity index (χ0) is 43.1. The van der Waals surface area contributed by atoms with E-state index in [0.29, 0.717) is 21.7 Å². The van der Waals surface area contributed by atoms with Gasteiger partial charge in [-0.25, -0.2) is 26.6 Å². The number of carbonyl (C=O) groups excluding carboxylic acids is 1. The molecule has 3 aliphatic carbocycles. The molecule has 4 aromatic rings. The Labute approximate surface area is 336 Å². The minimum atomic E-state index is -5.10. The lowest BCUT2D eigenvalue weighted by Crippen LogP contribution is -2.39. The Morgan fingerprint density at radius 1 is 1.15 bits per heavy atom. The highest BCUT2D eigenvalue weighted by molar-refractivity contribution is 7.92. The molecule has 5 atom stereocenters. The first-order valence-corrected chi connectivity index (χ1v) is 20.2. The van der Waals surface area contributed by atoms with Crippen molar-refractivity contribution < 1.29 is 53.4 Å². The van der Waals surface area contributed by atoms with E-state index in [1.807, 2.05) is 0 Å². The van der Waals surface area contributed by atoms with Gasteiger partial charge in [0.1, 0.15) is 36.2 Å². The Balaban J connectivity index is 1.42. The molecule has 0 saturated heterocycles. The fourth-order valence-corrected chi connectivity index (χ4v) is 8.52. The zero-order valence-electron chi connectivity index (χ0n) is 31.4. The second-order valence-electron chi connectivity index (χ2n) is 15.2. The highest BCUT2D eigenvalue weighted by Crippen LogP contribution is 2.68. The van der Waals surface area contributed by atoms with Crippen molar-refractivity contribution >= 4 is 44.0 Å². The summed E-state index contributed by atoms with van der Waals surface area (Å²) in [6, 6.07) is 3.95. The van der Waals surface area contributed by atoms with Crippen molar-refractivity contribution in [2.24, 2.45) is 18.9 Å². The lowest BCUT2D eigenvalue weighted by molar-refractivity contribution is -0.142. The van der Waals surface area contributed by atoms with Gasteiger partial charge in [-0.05, 0) is 79.3 Å². The van der Waals surface area contributed by atoms with E-state index in [0.717, 1.165) is 25.3 Å². The maximum atomic E-state index is 15.4. The van der Waals surface area contributed by atoms with Crippen molar-refractivity contribution in [3.63, 3.8) is 0 Å². The van der Waals surface area contributed by atoms with Gasteiger partial charge in [0.15, 0.2) is 17.1 Å². The van der Waals surface area contributed by atoms with E-state index in [1.165, 1.54) is 23.9 Å². The van der Waals surface area contributed by atoms with Crippen molar-refractivity contribution in [1.82, 2.24) is 29.9 Å². The standard InChI is InChI=1S/C38H34ClF8N7O4S/c1-17-9-23(32-29(30(17)39)35(51-53(32)3)52-59(4,57)58)22-6-5-21(7-8-36(2,56)16-40)48-31(22)26(12-18-10-19(41)13-20(42)11-18)49-27(55)15-54-34-28(33(50-54)38(45,46)47)24-14-25(24)37(34,43)44/h5-6,10-11,13,17,24-26,56H,9,12,14-16H2,1-4H3,(H,49,55)(H,51,52)/t17?,24-,25+,26-,36?/m0/s1. The number of anilines is 1. The summed E-state index contributed by atoms with van der Waals surface area (Å²) >= 11 is 6.77. The molecule has 3 N–H and O–H groups in total. The van der Waals surface area contributed by atoms with Crippen LogP contribution in [0, 0.1) is 35.3 Å². The van der Waals surface area contributed by atoms with Crippen LogP contribution in [0.2, 0.25) is 0 Å². The molecule has 3 aromatic heterocycles. The SMILES string of the molecule is CC1CC(c2ccc(C#CC(C)(O)CF)nc2[C@H](Cc2cc(F)cc(F)c2)NC(=O)Cn2nc(C(F)(F)F)c3c2C(F)(F)[C@@H]2C[C@H]32)=c2c(c(NS(C)(=O)=O)nn2C)=C1Cl. The number of amides is 1. The van der Waals surface area contributed by atoms with Crippen LogP contribution >= 0.6 is 11.6 Å². The molecule has 59 heavy (non-hydrogen) atoms. The number of alkyl halides is 6. The van der Waals surface area contributed by atoms with Gasteiger partial charge in [0.05, 0.1) is 28.6 Å². The number of hydrogen-bond acceptors (Lipinski definition) is 7. The maximum absolute atomic E-state index is 15.4. The highest BCUT2D eigenvalue weighted by atomic mass is 35.5. The minimum absolute atomic E-state index is 0.0392. The number of aromatic nitrogens is 5. The predicted molar refractivity (Wildman–Crippen MR) is 197 cm³/mol. The van der Waals surface area contributed by atoms with E-state index in [2.05, 4.69) is 37.1 Å². The van der Waals surface area contributed by atoms with E-state index in [1.54, 1.807) is 6.92 Å². The number of nitrogens with one attached hydrogen (secondary N) is 2. The van der Waals surface area contributed by atoms with Crippen LogP contribution in [0.1, 0.15) is 78.1 Å². The maximum Gasteiger partial charge on any atom is 0.435 e. The molecule has 3 heterocycles. The van der Waals surface area contributed by atoms with E-state index in [4.69, 9.17) is 11.6 Å². The second kappa shape index (κ2) is 14.6. The second-order valence-corrected chi connectivity index (χ2v) is 17.4. The fourth-order valence-electron chi connectivity index (χ4n) is 7.77. The summed E-state index contributed by atoms with van der Waals surface area (Å²) in [5.74, 6) is -4.98. The van der Waals surface area contributed by atoms with E-state index < -0.39 is 106 Å². The number of benzene rings is 1. The van der Waals surface area contributed by atoms with E-state index in [9.17, 15) is 44.7 Å². The van der Waals surface area contributed by atoms with Crippen LogP contribution in [0.4, 0.5) is 40.9 Å². The summed E-state index contributed by atoms with van der Waals surface area (Å²) in [6.45, 7) is 0.454. The molecule has 2 unspecified atom stereocenters.